The van der Waals surface area contributed by atoms with Crippen LogP contribution in [0.2, 0.25) is 0 Å². The fourth-order valence-corrected chi connectivity index (χ4v) is 4.35. The average molecular weight is 446 g/mol. The van der Waals surface area contributed by atoms with Crippen molar-refractivity contribution in [3.8, 4) is 0 Å². The number of Topliss-reactive ketones (excluding diaryl/α,β-unsaturated/α-hetero) is 1. The Bertz CT molecular complexity index is 1290. The van der Waals surface area contributed by atoms with Crippen LogP contribution in [-0.4, -0.2) is 21.7 Å². The first-order valence-electron chi connectivity index (χ1n) is 10.5. The first kappa shape index (κ1) is 20.9. The van der Waals surface area contributed by atoms with Crippen molar-refractivity contribution >= 4 is 23.0 Å². The average Bonchev–Trinajstić information content (AvgIpc) is 3.53. The molecule has 1 aliphatic heterocycles. The van der Waals surface area contributed by atoms with E-state index in [1.807, 2.05) is 0 Å². The zero-order valence-corrected chi connectivity index (χ0v) is 17.8. The second-order valence-corrected chi connectivity index (χ2v) is 8.19. The van der Waals surface area contributed by atoms with Crippen LogP contribution in [0.15, 0.2) is 66.9 Å². The van der Waals surface area contributed by atoms with Crippen molar-refractivity contribution in [1.29, 1.82) is 0 Å². The molecule has 2 aromatic carbocycles. The number of halogens is 2. The standard InChI is InChI=1S/C25H20F2N4O2/c1-14-23(25(33)30-24(19-9-22(19)32)15-4-2-5-16(26)8-15)18-6-3-7-21(27)20(18)12-31(14)17-10-28-13-29-11-17/h2-8,10-11,13,19,24H,9,12H2,1H3,(H,30,33)/t19?,24-/m1/s1. The molecule has 0 spiro atoms. The number of nitrogens with zero attached hydrogens (tertiary/aromatic N) is 3. The van der Waals surface area contributed by atoms with Gasteiger partial charge in [-0.05, 0) is 36.2 Å². The van der Waals surface area contributed by atoms with Gasteiger partial charge in [0.15, 0.2) is 0 Å². The Morgan fingerprint density at radius 2 is 1.88 bits per heavy atom. The topological polar surface area (TPSA) is 75.2 Å². The zero-order chi connectivity index (χ0) is 23.1. The SMILES string of the molecule is CC1=C(C(=O)N[C@H](c2cccc(F)c2)C2CC2=O)c2cccc(F)c2CN1c1cncnc1. The Hall–Kier alpha value is -3.94. The van der Waals surface area contributed by atoms with Gasteiger partial charge in [0.05, 0.1) is 36.2 Å². The molecule has 5 rings (SSSR count). The normalized spacial score (nSPS) is 18.1. The summed E-state index contributed by atoms with van der Waals surface area (Å²) in [6.07, 6.45) is 4.90. The summed E-state index contributed by atoms with van der Waals surface area (Å²) in [6, 6.07) is 9.80. The van der Waals surface area contributed by atoms with Crippen LogP contribution in [0.3, 0.4) is 0 Å². The largest absolute Gasteiger partial charge is 0.344 e. The first-order valence-corrected chi connectivity index (χ1v) is 10.5. The lowest BCUT2D eigenvalue weighted by Crippen LogP contribution is -2.36. The van der Waals surface area contributed by atoms with Gasteiger partial charge in [-0.25, -0.2) is 18.7 Å². The summed E-state index contributed by atoms with van der Waals surface area (Å²) in [6.45, 7) is 1.99. The van der Waals surface area contributed by atoms with E-state index in [1.165, 1.54) is 24.5 Å². The van der Waals surface area contributed by atoms with E-state index in [9.17, 15) is 18.4 Å². The van der Waals surface area contributed by atoms with Gasteiger partial charge >= 0.3 is 0 Å². The van der Waals surface area contributed by atoms with Crippen molar-refractivity contribution in [3.05, 3.63) is 95.2 Å². The molecule has 2 atom stereocenters. The Labute approximate surface area is 189 Å². The second-order valence-electron chi connectivity index (χ2n) is 8.19. The van der Waals surface area contributed by atoms with Gasteiger partial charge in [-0.2, -0.15) is 0 Å². The number of anilines is 1. The van der Waals surface area contributed by atoms with E-state index >= 15 is 0 Å². The van der Waals surface area contributed by atoms with E-state index in [4.69, 9.17) is 0 Å². The number of carbonyl (C=O) groups is 2. The Balaban J connectivity index is 1.57. The van der Waals surface area contributed by atoms with Crippen LogP contribution < -0.4 is 10.2 Å². The highest BCUT2D eigenvalue weighted by Gasteiger charge is 2.44. The number of nitrogens with one attached hydrogen (secondary N) is 1. The summed E-state index contributed by atoms with van der Waals surface area (Å²) in [4.78, 5) is 35.4. The highest BCUT2D eigenvalue weighted by molar-refractivity contribution is 6.22. The molecule has 8 heteroatoms. The molecule has 3 aromatic rings. The maximum Gasteiger partial charge on any atom is 0.254 e. The third kappa shape index (κ3) is 3.88. The van der Waals surface area contributed by atoms with Gasteiger partial charge in [0, 0.05) is 23.6 Å². The van der Waals surface area contributed by atoms with E-state index in [2.05, 4.69) is 15.3 Å². The van der Waals surface area contributed by atoms with Crippen molar-refractivity contribution in [3.63, 3.8) is 0 Å². The number of fused-ring (bicyclic) bond motifs is 1. The highest BCUT2D eigenvalue weighted by atomic mass is 19.1. The lowest BCUT2D eigenvalue weighted by molar-refractivity contribution is -0.116. The minimum atomic E-state index is -0.673. The number of aromatic nitrogens is 2. The van der Waals surface area contributed by atoms with Gasteiger partial charge in [-0.15, -0.1) is 0 Å². The Morgan fingerprint density at radius 1 is 1.15 bits per heavy atom. The third-order valence-electron chi connectivity index (χ3n) is 6.13. The van der Waals surface area contributed by atoms with Gasteiger partial charge in [0.25, 0.3) is 5.91 Å². The third-order valence-corrected chi connectivity index (χ3v) is 6.13. The molecule has 1 amide bonds. The van der Waals surface area contributed by atoms with Gasteiger partial charge in [-0.1, -0.05) is 24.3 Å². The fourth-order valence-electron chi connectivity index (χ4n) is 4.35. The molecule has 1 aliphatic carbocycles. The molecule has 166 valence electrons. The number of carbonyl (C=O) groups excluding carboxylic acids is 2. The molecule has 2 heterocycles. The van der Waals surface area contributed by atoms with Crippen molar-refractivity contribution in [2.45, 2.75) is 25.9 Å². The monoisotopic (exact) mass is 446 g/mol. The molecular formula is C25H20F2N4O2. The Kier molecular flexibility index (Phi) is 5.20. The predicted molar refractivity (Wildman–Crippen MR) is 118 cm³/mol. The van der Waals surface area contributed by atoms with Crippen molar-refractivity contribution in [1.82, 2.24) is 15.3 Å². The number of hydrogen-bond donors (Lipinski definition) is 1. The van der Waals surface area contributed by atoms with Crippen molar-refractivity contribution < 1.29 is 18.4 Å². The molecular weight excluding hydrogens is 426 g/mol. The van der Waals surface area contributed by atoms with Gasteiger partial charge in [-0.3, -0.25) is 9.59 Å². The molecule has 0 bridgehead atoms. The minimum absolute atomic E-state index is 0.00779. The fraction of sp³-hybridized carbons (Fsp3) is 0.200. The van der Waals surface area contributed by atoms with Crippen LogP contribution in [0.4, 0.5) is 14.5 Å². The van der Waals surface area contributed by atoms with Crippen LogP contribution in [0.5, 0.6) is 0 Å². The summed E-state index contributed by atoms with van der Waals surface area (Å²) >= 11 is 0. The maximum absolute atomic E-state index is 14.8. The van der Waals surface area contributed by atoms with E-state index in [1.54, 1.807) is 48.5 Å². The van der Waals surface area contributed by atoms with E-state index < -0.39 is 29.5 Å². The molecule has 33 heavy (non-hydrogen) atoms. The van der Waals surface area contributed by atoms with Crippen molar-refractivity contribution in [2.75, 3.05) is 4.90 Å². The summed E-state index contributed by atoms with van der Waals surface area (Å²) < 4.78 is 28.7. The summed E-state index contributed by atoms with van der Waals surface area (Å²) in [5.74, 6) is -1.74. The summed E-state index contributed by atoms with van der Waals surface area (Å²) in [7, 11) is 0. The molecule has 1 N–H and O–H groups in total. The quantitative estimate of drug-likeness (QED) is 0.642. The molecule has 0 radical (unpaired) electrons. The molecule has 1 unspecified atom stereocenters. The van der Waals surface area contributed by atoms with Crippen LogP contribution in [0.25, 0.3) is 5.57 Å². The smallest absolute Gasteiger partial charge is 0.254 e. The zero-order valence-electron chi connectivity index (χ0n) is 17.8. The van der Waals surface area contributed by atoms with E-state index in [-0.39, 0.29) is 17.9 Å². The maximum atomic E-state index is 14.8. The number of ketones is 1. The van der Waals surface area contributed by atoms with Gasteiger partial charge in [0.2, 0.25) is 0 Å². The number of rotatable bonds is 5. The number of benzene rings is 2. The van der Waals surface area contributed by atoms with Crippen LogP contribution in [0, 0.1) is 17.6 Å². The second kappa shape index (κ2) is 8.20. The number of amides is 1. The highest BCUT2D eigenvalue weighted by Crippen LogP contribution is 2.40. The lowest BCUT2D eigenvalue weighted by Gasteiger charge is -2.33. The summed E-state index contributed by atoms with van der Waals surface area (Å²) in [5, 5.41) is 2.92. The van der Waals surface area contributed by atoms with Gasteiger partial charge in [0.1, 0.15) is 23.7 Å². The lowest BCUT2D eigenvalue weighted by atomic mass is 9.91. The van der Waals surface area contributed by atoms with E-state index in [0.29, 0.717) is 34.5 Å². The molecule has 0 saturated heterocycles. The molecule has 2 aliphatic rings. The van der Waals surface area contributed by atoms with Crippen LogP contribution in [-0.2, 0) is 16.1 Å². The Morgan fingerprint density at radius 3 is 2.58 bits per heavy atom. The van der Waals surface area contributed by atoms with E-state index in [0.717, 1.165) is 0 Å². The molecule has 1 aromatic heterocycles. The molecule has 6 nitrogen and oxygen atoms in total. The number of allylic oxidation sites excluding steroid dienone is 1. The van der Waals surface area contributed by atoms with Crippen molar-refractivity contribution in [2.24, 2.45) is 5.92 Å². The van der Waals surface area contributed by atoms with Crippen LogP contribution in [0.1, 0.15) is 36.1 Å². The summed E-state index contributed by atoms with van der Waals surface area (Å²) in [5.41, 5.74) is 2.88. The molecule has 1 fully saturated rings. The number of hydrogen-bond acceptors (Lipinski definition) is 5. The predicted octanol–water partition coefficient (Wildman–Crippen LogP) is 3.95. The first-order chi connectivity index (χ1) is 15.9. The van der Waals surface area contributed by atoms with Gasteiger partial charge < -0.3 is 10.2 Å². The molecule has 1 saturated carbocycles. The van der Waals surface area contributed by atoms with Crippen LogP contribution >= 0.6 is 0 Å². The minimum Gasteiger partial charge on any atom is -0.344 e.